The normalized spacial score (nSPS) is 14.3. The monoisotopic (exact) mass is 486 g/mol. The van der Waals surface area contributed by atoms with Crippen LogP contribution >= 0.6 is 0 Å². The molecule has 1 aromatic rings. The molecular formula is C28H42N2O5. The van der Waals surface area contributed by atoms with Gasteiger partial charge in [-0.3, -0.25) is 14.4 Å². The van der Waals surface area contributed by atoms with E-state index in [2.05, 4.69) is 23.8 Å². The molecule has 0 aliphatic heterocycles. The van der Waals surface area contributed by atoms with Crippen molar-refractivity contribution < 1.29 is 24.2 Å². The molecule has 7 nitrogen and oxygen atoms in total. The van der Waals surface area contributed by atoms with Gasteiger partial charge in [-0.15, -0.1) is 13.2 Å². The Hall–Kier alpha value is -2.93. The van der Waals surface area contributed by atoms with Gasteiger partial charge < -0.3 is 20.5 Å². The number of carbonyl (C=O) groups is 3. The lowest BCUT2D eigenvalue weighted by Gasteiger charge is -2.26. The molecule has 0 aromatic heterocycles. The lowest BCUT2D eigenvalue weighted by Crippen LogP contribution is -2.46. The fraction of sp³-hybridized carbons (Fsp3) is 0.536. The Morgan fingerprint density at radius 2 is 1.71 bits per heavy atom. The predicted octanol–water partition coefficient (Wildman–Crippen LogP) is 3.57. The molecule has 4 atom stereocenters. The van der Waals surface area contributed by atoms with Gasteiger partial charge in [0.1, 0.15) is 6.61 Å². The molecule has 0 saturated heterocycles. The highest BCUT2D eigenvalue weighted by Gasteiger charge is 2.27. The van der Waals surface area contributed by atoms with Crippen LogP contribution in [0.25, 0.3) is 0 Å². The van der Waals surface area contributed by atoms with Gasteiger partial charge in [0, 0.05) is 12.5 Å². The second-order valence-corrected chi connectivity index (χ2v) is 9.32. The van der Waals surface area contributed by atoms with Crippen molar-refractivity contribution in [3.63, 3.8) is 0 Å². The van der Waals surface area contributed by atoms with E-state index >= 15 is 0 Å². The average Bonchev–Trinajstić information content (AvgIpc) is 2.83. The molecule has 35 heavy (non-hydrogen) atoms. The Kier molecular flexibility index (Phi) is 14.3. The topological polar surface area (TPSA) is 105 Å². The molecule has 1 rings (SSSR count). The number of aliphatic hydroxyl groups is 1. The third kappa shape index (κ3) is 11.9. The minimum absolute atomic E-state index is 0.0140. The molecule has 0 aliphatic carbocycles. The zero-order chi connectivity index (χ0) is 26.2. The maximum absolute atomic E-state index is 13.0. The summed E-state index contributed by atoms with van der Waals surface area (Å²) in [6, 6.07) is 9.02. The van der Waals surface area contributed by atoms with E-state index in [4.69, 9.17) is 9.84 Å². The summed E-state index contributed by atoms with van der Waals surface area (Å²) in [7, 11) is 0. The Bertz CT molecular complexity index is 809. The number of rotatable bonds is 17. The summed E-state index contributed by atoms with van der Waals surface area (Å²) in [5.74, 6) is -1.79. The molecule has 194 valence electrons. The number of amides is 2. The van der Waals surface area contributed by atoms with E-state index in [9.17, 15) is 14.4 Å². The van der Waals surface area contributed by atoms with Crippen LogP contribution < -0.4 is 10.6 Å². The van der Waals surface area contributed by atoms with Crippen LogP contribution in [0.5, 0.6) is 0 Å². The molecule has 0 radical (unpaired) electrons. The van der Waals surface area contributed by atoms with Crippen LogP contribution in [0.3, 0.4) is 0 Å². The van der Waals surface area contributed by atoms with E-state index in [1.165, 1.54) is 0 Å². The lowest BCUT2D eigenvalue weighted by molar-refractivity contribution is -0.150. The number of allylic oxidation sites excluding steroid dienone is 2. The van der Waals surface area contributed by atoms with Crippen LogP contribution in [0, 0.1) is 17.8 Å². The number of hydrogen-bond acceptors (Lipinski definition) is 5. The fourth-order valence-corrected chi connectivity index (χ4v) is 3.60. The summed E-state index contributed by atoms with van der Waals surface area (Å²) in [5, 5.41) is 14.7. The summed E-state index contributed by atoms with van der Waals surface area (Å²) in [4.78, 5) is 38.1. The first kappa shape index (κ1) is 30.1. The number of carbonyl (C=O) groups excluding carboxylic acids is 3. The number of esters is 1. The molecular weight excluding hydrogens is 444 g/mol. The molecule has 0 bridgehead atoms. The number of aliphatic hydroxyl groups excluding tert-OH is 1. The van der Waals surface area contributed by atoms with E-state index in [1.54, 1.807) is 19.1 Å². The predicted molar refractivity (Wildman–Crippen MR) is 138 cm³/mol. The first-order valence-corrected chi connectivity index (χ1v) is 12.3. The quantitative estimate of drug-likeness (QED) is 0.231. The van der Waals surface area contributed by atoms with Crippen molar-refractivity contribution in [3.8, 4) is 0 Å². The van der Waals surface area contributed by atoms with Gasteiger partial charge >= 0.3 is 5.97 Å². The maximum Gasteiger partial charge on any atom is 0.309 e. The number of benzene rings is 1. The van der Waals surface area contributed by atoms with Gasteiger partial charge in [-0.05, 0) is 44.1 Å². The van der Waals surface area contributed by atoms with Crippen molar-refractivity contribution in [3.05, 3.63) is 61.2 Å². The lowest BCUT2D eigenvalue weighted by atomic mass is 9.94. The smallest absolute Gasteiger partial charge is 0.309 e. The van der Waals surface area contributed by atoms with Crippen LogP contribution in [0.1, 0.15) is 52.0 Å². The molecule has 7 heteroatoms. The number of hydrogen-bond donors (Lipinski definition) is 3. The van der Waals surface area contributed by atoms with Crippen molar-refractivity contribution in [1.82, 2.24) is 10.6 Å². The zero-order valence-electron chi connectivity index (χ0n) is 21.4. The summed E-state index contributed by atoms with van der Waals surface area (Å²) in [6.07, 6.45) is 5.63. The van der Waals surface area contributed by atoms with Gasteiger partial charge in [0.2, 0.25) is 11.8 Å². The van der Waals surface area contributed by atoms with Gasteiger partial charge in [0.25, 0.3) is 0 Å². The molecule has 0 unspecified atom stereocenters. The van der Waals surface area contributed by atoms with Gasteiger partial charge in [-0.1, -0.05) is 56.3 Å². The molecule has 3 N–H and O–H groups in total. The number of ether oxygens (including phenoxy) is 1. The standard InChI is InChI=1S/C28H42N2O5/c1-6-8-15-24(16-22-13-10-9-11-14-22)28(34)35-19-25(20(3)4)30-27(33)23(12-7-2)17-26(32)29-21(5)18-31/h6-7,9-11,13-14,20-21,23-25,31H,1-2,8,12,15-19H2,3-5H3,(H,29,32)(H,30,33)/t21-,23-,24-,25-/m1/s1. The SMILES string of the molecule is C=CCC[C@H](Cc1ccccc1)C(=O)OC[C@@H](NC(=O)[C@H](CC=C)CC(=O)N[C@H](C)CO)C(C)C. The van der Waals surface area contributed by atoms with Crippen LogP contribution in [-0.2, 0) is 25.5 Å². The Balaban J connectivity index is 2.77. The molecule has 0 aliphatic rings. The van der Waals surface area contributed by atoms with E-state index in [0.717, 1.165) is 5.56 Å². The summed E-state index contributed by atoms with van der Waals surface area (Å²) in [6.45, 7) is 12.9. The van der Waals surface area contributed by atoms with Crippen LogP contribution in [0.4, 0.5) is 0 Å². The maximum atomic E-state index is 13.0. The van der Waals surface area contributed by atoms with Crippen molar-refractivity contribution >= 4 is 17.8 Å². The van der Waals surface area contributed by atoms with Crippen molar-refractivity contribution in [1.29, 1.82) is 0 Å². The van der Waals surface area contributed by atoms with Gasteiger partial charge in [-0.25, -0.2) is 0 Å². The minimum Gasteiger partial charge on any atom is -0.463 e. The third-order valence-corrected chi connectivity index (χ3v) is 5.85. The van der Waals surface area contributed by atoms with Crippen molar-refractivity contribution in [2.24, 2.45) is 17.8 Å². The van der Waals surface area contributed by atoms with Crippen LogP contribution in [0.2, 0.25) is 0 Å². The number of nitrogens with one attached hydrogen (secondary N) is 2. The summed E-state index contributed by atoms with van der Waals surface area (Å²) < 4.78 is 5.67. The summed E-state index contributed by atoms with van der Waals surface area (Å²) in [5.41, 5.74) is 1.06. The highest BCUT2D eigenvalue weighted by molar-refractivity contribution is 5.86. The third-order valence-electron chi connectivity index (χ3n) is 5.85. The van der Waals surface area contributed by atoms with Crippen molar-refractivity contribution in [2.45, 2.75) is 65.0 Å². The highest BCUT2D eigenvalue weighted by atomic mass is 16.5. The first-order chi connectivity index (χ1) is 16.7. The molecule has 0 saturated carbocycles. The molecule has 1 aromatic carbocycles. The Morgan fingerprint density at radius 1 is 1.03 bits per heavy atom. The van der Waals surface area contributed by atoms with Gasteiger partial charge in [-0.2, -0.15) is 0 Å². The van der Waals surface area contributed by atoms with Crippen molar-refractivity contribution in [2.75, 3.05) is 13.2 Å². The second kappa shape index (κ2) is 16.7. The largest absolute Gasteiger partial charge is 0.463 e. The van der Waals surface area contributed by atoms with Crippen LogP contribution in [-0.4, -0.2) is 48.2 Å². The van der Waals surface area contributed by atoms with E-state index < -0.39 is 12.0 Å². The molecule has 0 fully saturated rings. The summed E-state index contributed by atoms with van der Waals surface area (Å²) >= 11 is 0. The second-order valence-electron chi connectivity index (χ2n) is 9.32. The molecule has 0 spiro atoms. The molecule has 2 amide bonds. The first-order valence-electron chi connectivity index (χ1n) is 12.3. The fourth-order valence-electron chi connectivity index (χ4n) is 3.60. The Labute approximate surface area is 210 Å². The van der Waals surface area contributed by atoms with Gasteiger partial charge in [0.05, 0.1) is 24.5 Å². The van der Waals surface area contributed by atoms with Crippen LogP contribution in [0.15, 0.2) is 55.6 Å². The molecule has 0 heterocycles. The average molecular weight is 487 g/mol. The highest BCUT2D eigenvalue weighted by Crippen LogP contribution is 2.18. The van der Waals surface area contributed by atoms with E-state index in [1.807, 2.05) is 44.2 Å². The minimum atomic E-state index is -0.603. The van der Waals surface area contributed by atoms with E-state index in [-0.39, 0.29) is 55.3 Å². The zero-order valence-corrected chi connectivity index (χ0v) is 21.4. The van der Waals surface area contributed by atoms with Gasteiger partial charge in [0.15, 0.2) is 0 Å². The van der Waals surface area contributed by atoms with E-state index in [0.29, 0.717) is 25.7 Å². The Morgan fingerprint density at radius 3 is 2.29 bits per heavy atom.